The molecule has 26 heavy (non-hydrogen) atoms. The molecule has 0 aliphatic carbocycles. The summed E-state index contributed by atoms with van der Waals surface area (Å²) in [7, 11) is 1.83. The van der Waals surface area contributed by atoms with Crippen LogP contribution in [0.15, 0.2) is 42.5 Å². The summed E-state index contributed by atoms with van der Waals surface area (Å²) in [6.45, 7) is 3.84. The number of hydrogen-bond acceptors (Lipinski definition) is 3. The Labute approximate surface area is 151 Å². The van der Waals surface area contributed by atoms with Gasteiger partial charge >= 0.3 is 0 Å². The maximum Gasteiger partial charge on any atom is 0.251 e. The fraction of sp³-hybridized carbons (Fsp3) is 0.300. The van der Waals surface area contributed by atoms with Gasteiger partial charge in [-0.3, -0.25) is 9.48 Å². The number of halogens is 1. The van der Waals surface area contributed by atoms with E-state index in [2.05, 4.69) is 10.4 Å². The number of carbonyl (C=O) groups is 1. The van der Waals surface area contributed by atoms with E-state index in [4.69, 9.17) is 4.74 Å². The molecule has 0 spiro atoms. The van der Waals surface area contributed by atoms with Crippen LogP contribution in [-0.4, -0.2) is 35.4 Å². The molecule has 0 aliphatic rings. The summed E-state index contributed by atoms with van der Waals surface area (Å²) in [5, 5.41) is 8.11. The van der Waals surface area contributed by atoms with Gasteiger partial charge in [0.25, 0.3) is 5.91 Å². The van der Waals surface area contributed by atoms with Crippen LogP contribution < -0.4 is 5.32 Å². The highest BCUT2D eigenvalue weighted by molar-refractivity contribution is 5.96. The fourth-order valence-corrected chi connectivity index (χ4v) is 2.85. The Balaban J connectivity index is 1.74. The van der Waals surface area contributed by atoms with Crippen LogP contribution >= 0.6 is 0 Å². The minimum atomic E-state index is -0.296. The SMILES string of the molecule is CCOCCCNC(=O)c1ccc(-c2nn(C)c3ccc(F)cc23)cc1. The molecule has 0 bridgehead atoms. The molecule has 0 saturated carbocycles. The number of rotatable bonds is 7. The molecule has 1 amide bonds. The van der Waals surface area contributed by atoms with Gasteiger partial charge in [-0.05, 0) is 43.7 Å². The Hall–Kier alpha value is -2.73. The van der Waals surface area contributed by atoms with Crippen LogP contribution in [0.25, 0.3) is 22.2 Å². The fourth-order valence-electron chi connectivity index (χ4n) is 2.85. The monoisotopic (exact) mass is 355 g/mol. The van der Waals surface area contributed by atoms with Gasteiger partial charge in [-0.2, -0.15) is 5.10 Å². The van der Waals surface area contributed by atoms with Crippen LogP contribution in [0.2, 0.25) is 0 Å². The third-order valence-electron chi connectivity index (χ3n) is 4.19. The number of amides is 1. The number of nitrogens with zero attached hydrogens (tertiary/aromatic N) is 2. The molecule has 3 aromatic rings. The summed E-state index contributed by atoms with van der Waals surface area (Å²) in [4.78, 5) is 12.2. The van der Waals surface area contributed by atoms with Crippen LogP contribution in [0, 0.1) is 5.82 Å². The zero-order chi connectivity index (χ0) is 18.5. The lowest BCUT2D eigenvalue weighted by molar-refractivity contribution is 0.0944. The third-order valence-corrected chi connectivity index (χ3v) is 4.19. The second kappa shape index (κ2) is 8.10. The molecule has 0 aliphatic heterocycles. The first-order valence-electron chi connectivity index (χ1n) is 8.68. The van der Waals surface area contributed by atoms with E-state index in [0.29, 0.717) is 31.0 Å². The molecular weight excluding hydrogens is 333 g/mol. The largest absolute Gasteiger partial charge is 0.382 e. The maximum absolute atomic E-state index is 13.6. The molecule has 0 atom stereocenters. The Morgan fingerprint density at radius 3 is 2.73 bits per heavy atom. The highest BCUT2D eigenvalue weighted by Gasteiger charge is 2.12. The number of aromatic nitrogens is 2. The number of ether oxygens (including phenoxy) is 1. The molecule has 5 nitrogen and oxygen atoms in total. The Kier molecular flexibility index (Phi) is 5.63. The first kappa shape index (κ1) is 18.1. The lowest BCUT2D eigenvalue weighted by atomic mass is 10.1. The van der Waals surface area contributed by atoms with Gasteiger partial charge in [-0.25, -0.2) is 4.39 Å². The average molecular weight is 355 g/mol. The van der Waals surface area contributed by atoms with Crippen LogP contribution in [0.1, 0.15) is 23.7 Å². The van der Waals surface area contributed by atoms with Crippen molar-refractivity contribution in [3.05, 3.63) is 53.8 Å². The van der Waals surface area contributed by atoms with Crippen LogP contribution in [0.5, 0.6) is 0 Å². The number of carbonyl (C=O) groups excluding carboxylic acids is 1. The van der Waals surface area contributed by atoms with E-state index < -0.39 is 0 Å². The van der Waals surface area contributed by atoms with E-state index in [9.17, 15) is 9.18 Å². The minimum Gasteiger partial charge on any atom is -0.382 e. The minimum absolute atomic E-state index is 0.120. The van der Waals surface area contributed by atoms with E-state index in [0.717, 1.165) is 22.9 Å². The van der Waals surface area contributed by atoms with Crippen LogP contribution in [0.3, 0.4) is 0 Å². The van der Waals surface area contributed by atoms with Crippen molar-refractivity contribution >= 4 is 16.8 Å². The summed E-state index contributed by atoms with van der Waals surface area (Å²) in [5.74, 6) is -0.417. The second-order valence-electron chi connectivity index (χ2n) is 6.02. The summed E-state index contributed by atoms with van der Waals surface area (Å²) in [6, 6.07) is 11.8. The first-order valence-corrected chi connectivity index (χ1v) is 8.68. The molecule has 0 radical (unpaired) electrons. The third kappa shape index (κ3) is 3.91. The van der Waals surface area contributed by atoms with Crippen LogP contribution in [-0.2, 0) is 11.8 Å². The van der Waals surface area contributed by atoms with Gasteiger partial charge in [0, 0.05) is 43.3 Å². The predicted molar refractivity (Wildman–Crippen MR) is 99.6 cm³/mol. The zero-order valence-electron chi connectivity index (χ0n) is 15.0. The number of nitrogens with one attached hydrogen (secondary N) is 1. The molecule has 0 fully saturated rings. The lowest BCUT2D eigenvalue weighted by Crippen LogP contribution is -2.25. The molecular formula is C20H22FN3O2. The van der Waals surface area contributed by atoms with Gasteiger partial charge in [0.1, 0.15) is 11.5 Å². The van der Waals surface area contributed by atoms with Crippen LogP contribution in [0.4, 0.5) is 4.39 Å². The van der Waals surface area contributed by atoms with Gasteiger partial charge in [0.15, 0.2) is 0 Å². The van der Waals surface area contributed by atoms with E-state index in [-0.39, 0.29) is 11.7 Å². The van der Waals surface area contributed by atoms with Crippen molar-refractivity contribution in [1.29, 1.82) is 0 Å². The van der Waals surface area contributed by atoms with Gasteiger partial charge in [-0.1, -0.05) is 12.1 Å². The smallest absolute Gasteiger partial charge is 0.251 e. The van der Waals surface area contributed by atoms with Gasteiger partial charge in [-0.15, -0.1) is 0 Å². The van der Waals surface area contributed by atoms with E-state index >= 15 is 0 Å². The normalized spacial score (nSPS) is 11.0. The van der Waals surface area contributed by atoms with Crippen molar-refractivity contribution in [1.82, 2.24) is 15.1 Å². The standard InChI is InChI=1S/C20H22FN3O2/c1-3-26-12-4-11-22-20(25)15-7-5-14(6-8-15)19-17-13-16(21)9-10-18(17)24(2)23-19/h5-10,13H,3-4,11-12H2,1-2H3,(H,22,25). The molecule has 6 heteroatoms. The summed E-state index contributed by atoms with van der Waals surface area (Å²) < 4.78 is 20.6. The predicted octanol–water partition coefficient (Wildman–Crippen LogP) is 3.54. The average Bonchev–Trinajstić information content (AvgIpc) is 2.97. The van der Waals surface area contributed by atoms with Gasteiger partial charge in [0.05, 0.1) is 5.52 Å². The molecule has 2 aromatic carbocycles. The Bertz CT molecular complexity index is 903. The second-order valence-corrected chi connectivity index (χ2v) is 6.02. The lowest BCUT2D eigenvalue weighted by Gasteiger charge is -2.06. The molecule has 136 valence electrons. The van der Waals surface area contributed by atoms with Crippen molar-refractivity contribution in [2.45, 2.75) is 13.3 Å². The number of hydrogen-bond donors (Lipinski definition) is 1. The van der Waals surface area contributed by atoms with Gasteiger partial charge < -0.3 is 10.1 Å². The zero-order valence-corrected chi connectivity index (χ0v) is 15.0. The molecule has 0 unspecified atom stereocenters. The van der Waals surface area contributed by atoms with Crippen molar-refractivity contribution in [2.75, 3.05) is 19.8 Å². The highest BCUT2D eigenvalue weighted by atomic mass is 19.1. The molecule has 0 saturated heterocycles. The van der Waals surface area contributed by atoms with Gasteiger partial charge in [0.2, 0.25) is 0 Å². The van der Waals surface area contributed by atoms with Crippen molar-refractivity contribution in [3.8, 4) is 11.3 Å². The quantitative estimate of drug-likeness (QED) is 0.660. The topological polar surface area (TPSA) is 56.1 Å². The molecule has 3 rings (SSSR count). The molecule has 1 N–H and O–H groups in total. The number of fused-ring (bicyclic) bond motifs is 1. The van der Waals surface area contributed by atoms with Crippen molar-refractivity contribution in [3.63, 3.8) is 0 Å². The Morgan fingerprint density at radius 1 is 1.23 bits per heavy atom. The van der Waals surface area contributed by atoms with E-state index in [1.54, 1.807) is 22.9 Å². The van der Waals surface area contributed by atoms with E-state index in [1.165, 1.54) is 12.1 Å². The number of benzene rings is 2. The molecule has 1 aromatic heterocycles. The van der Waals surface area contributed by atoms with Crippen molar-refractivity contribution < 1.29 is 13.9 Å². The number of aryl methyl sites for hydroxylation is 1. The van der Waals surface area contributed by atoms with E-state index in [1.807, 2.05) is 26.1 Å². The Morgan fingerprint density at radius 2 is 2.00 bits per heavy atom. The summed E-state index contributed by atoms with van der Waals surface area (Å²) >= 11 is 0. The highest BCUT2D eigenvalue weighted by Crippen LogP contribution is 2.28. The molecule has 1 heterocycles. The first-order chi connectivity index (χ1) is 12.6. The summed E-state index contributed by atoms with van der Waals surface area (Å²) in [6.07, 6.45) is 0.781. The maximum atomic E-state index is 13.6. The summed E-state index contributed by atoms with van der Waals surface area (Å²) in [5.41, 5.74) is 2.98. The van der Waals surface area contributed by atoms with Crippen molar-refractivity contribution in [2.24, 2.45) is 7.05 Å².